The molecule has 0 atom stereocenters. The van der Waals surface area contributed by atoms with Crippen LogP contribution >= 0.6 is 22.6 Å². The summed E-state index contributed by atoms with van der Waals surface area (Å²) in [6.07, 6.45) is 2.46. The summed E-state index contributed by atoms with van der Waals surface area (Å²) in [6.45, 7) is 4.22. The van der Waals surface area contributed by atoms with Gasteiger partial charge in [-0.05, 0) is 83.3 Å². The van der Waals surface area contributed by atoms with Crippen LogP contribution in [0.25, 0.3) is 0 Å². The zero-order valence-electron chi connectivity index (χ0n) is 12.6. The third kappa shape index (κ3) is 3.34. The van der Waals surface area contributed by atoms with Crippen molar-refractivity contribution in [3.63, 3.8) is 0 Å². The molecular weight excluding hydrogens is 371 g/mol. The van der Waals surface area contributed by atoms with Crippen molar-refractivity contribution in [3.05, 3.63) is 56.7 Å². The van der Waals surface area contributed by atoms with Crippen molar-refractivity contribution in [2.45, 2.75) is 26.3 Å². The van der Waals surface area contributed by atoms with Crippen LogP contribution in [-0.4, -0.2) is 13.6 Å². The standard InChI is InChI=1S/C18H21IN2/c1-13-10-16(19)6-7-17(13)20-12-14-5-8-18-15(11-14)4-3-9-21(18)2/h5-8,10-11,20H,3-4,9,12H2,1-2H3. The lowest BCUT2D eigenvalue weighted by Crippen LogP contribution is -2.24. The van der Waals surface area contributed by atoms with Gasteiger partial charge in [0.1, 0.15) is 0 Å². The van der Waals surface area contributed by atoms with E-state index in [2.05, 4.69) is 83.2 Å². The Morgan fingerprint density at radius 1 is 1.19 bits per heavy atom. The van der Waals surface area contributed by atoms with E-state index in [-0.39, 0.29) is 0 Å². The summed E-state index contributed by atoms with van der Waals surface area (Å²) >= 11 is 2.36. The van der Waals surface area contributed by atoms with Gasteiger partial charge in [-0.3, -0.25) is 0 Å². The molecule has 1 aliphatic rings. The Morgan fingerprint density at radius 2 is 2.05 bits per heavy atom. The van der Waals surface area contributed by atoms with Crippen molar-refractivity contribution >= 4 is 34.0 Å². The Bertz CT molecular complexity index is 652. The maximum atomic E-state index is 3.56. The normalized spacial score (nSPS) is 14.0. The number of rotatable bonds is 3. The zero-order valence-corrected chi connectivity index (χ0v) is 14.8. The average Bonchev–Trinajstić information content (AvgIpc) is 2.46. The molecule has 0 aromatic heterocycles. The molecule has 0 unspecified atom stereocenters. The maximum Gasteiger partial charge on any atom is 0.0401 e. The number of anilines is 2. The molecule has 0 radical (unpaired) electrons. The average molecular weight is 392 g/mol. The minimum atomic E-state index is 0.887. The van der Waals surface area contributed by atoms with E-state index >= 15 is 0 Å². The summed E-state index contributed by atoms with van der Waals surface area (Å²) in [5, 5.41) is 3.56. The van der Waals surface area contributed by atoms with Gasteiger partial charge in [0.15, 0.2) is 0 Å². The largest absolute Gasteiger partial charge is 0.381 e. The van der Waals surface area contributed by atoms with Gasteiger partial charge in [0, 0.05) is 35.1 Å². The number of hydrogen-bond acceptors (Lipinski definition) is 2. The van der Waals surface area contributed by atoms with E-state index in [1.54, 1.807) is 0 Å². The van der Waals surface area contributed by atoms with Crippen LogP contribution in [0.5, 0.6) is 0 Å². The Morgan fingerprint density at radius 3 is 2.86 bits per heavy atom. The Balaban J connectivity index is 1.73. The van der Waals surface area contributed by atoms with E-state index < -0.39 is 0 Å². The molecule has 1 N–H and O–H groups in total. The van der Waals surface area contributed by atoms with Crippen molar-refractivity contribution in [1.82, 2.24) is 0 Å². The van der Waals surface area contributed by atoms with Gasteiger partial charge in [-0.1, -0.05) is 12.1 Å². The number of fused-ring (bicyclic) bond motifs is 1. The predicted molar refractivity (Wildman–Crippen MR) is 99.3 cm³/mol. The molecular formula is C18H21IN2. The number of halogens is 1. The van der Waals surface area contributed by atoms with Gasteiger partial charge in [-0.25, -0.2) is 0 Å². The van der Waals surface area contributed by atoms with Crippen molar-refractivity contribution in [3.8, 4) is 0 Å². The zero-order chi connectivity index (χ0) is 14.8. The summed E-state index contributed by atoms with van der Waals surface area (Å²) in [7, 11) is 2.19. The Labute approximate surface area is 140 Å². The second-order valence-corrected chi connectivity index (χ2v) is 7.05. The summed E-state index contributed by atoms with van der Waals surface area (Å²) in [5.74, 6) is 0. The van der Waals surface area contributed by atoms with Crippen LogP contribution < -0.4 is 10.2 Å². The molecule has 0 spiro atoms. The highest BCUT2D eigenvalue weighted by Gasteiger charge is 2.13. The first-order valence-electron chi connectivity index (χ1n) is 7.46. The van der Waals surface area contributed by atoms with Crippen LogP contribution in [0.3, 0.4) is 0 Å². The van der Waals surface area contributed by atoms with Gasteiger partial charge in [0.25, 0.3) is 0 Å². The van der Waals surface area contributed by atoms with Crippen LogP contribution in [0, 0.1) is 10.5 Å². The van der Waals surface area contributed by atoms with Gasteiger partial charge < -0.3 is 10.2 Å². The minimum Gasteiger partial charge on any atom is -0.381 e. The highest BCUT2D eigenvalue weighted by atomic mass is 127. The molecule has 0 aliphatic carbocycles. The monoisotopic (exact) mass is 392 g/mol. The summed E-state index contributed by atoms with van der Waals surface area (Å²) in [5.41, 5.74) is 6.78. The Hall–Kier alpha value is -1.23. The molecule has 2 aromatic rings. The lowest BCUT2D eigenvalue weighted by Gasteiger charge is -2.28. The lowest BCUT2D eigenvalue weighted by molar-refractivity contribution is 0.743. The quantitative estimate of drug-likeness (QED) is 0.769. The van der Waals surface area contributed by atoms with E-state index in [4.69, 9.17) is 0 Å². The van der Waals surface area contributed by atoms with Crippen molar-refractivity contribution < 1.29 is 0 Å². The Kier molecular flexibility index (Phi) is 4.38. The van der Waals surface area contributed by atoms with E-state index in [0.717, 1.165) is 6.54 Å². The van der Waals surface area contributed by atoms with Crippen LogP contribution in [0.15, 0.2) is 36.4 Å². The number of aryl methyl sites for hydroxylation is 2. The molecule has 1 heterocycles. The van der Waals surface area contributed by atoms with E-state index in [1.807, 2.05) is 0 Å². The van der Waals surface area contributed by atoms with Gasteiger partial charge in [0.05, 0.1) is 0 Å². The van der Waals surface area contributed by atoms with Crippen LogP contribution in [0.4, 0.5) is 11.4 Å². The van der Waals surface area contributed by atoms with Crippen molar-refractivity contribution in [2.75, 3.05) is 23.8 Å². The minimum absolute atomic E-state index is 0.887. The molecule has 0 amide bonds. The first-order chi connectivity index (χ1) is 10.1. The third-order valence-corrected chi connectivity index (χ3v) is 4.84. The summed E-state index contributed by atoms with van der Waals surface area (Å²) in [4.78, 5) is 2.36. The van der Waals surface area contributed by atoms with Gasteiger partial charge in [-0.2, -0.15) is 0 Å². The molecule has 0 fully saturated rings. The molecule has 110 valence electrons. The fourth-order valence-electron chi connectivity index (χ4n) is 2.97. The van der Waals surface area contributed by atoms with Crippen LogP contribution in [0.2, 0.25) is 0 Å². The van der Waals surface area contributed by atoms with Crippen LogP contribution in [-0.2, 0) is 13.0 Å². The van der Waals surface area contributed by atoms with Gasteiger partial charge >= 0.3 is 0 Å². The molecule has 0 saturated heterocycles. The molecule has 2 nitrogen and oxygen atoms in total. The third-order valence-electron chi connectivity index (χ3n) is 4.17. The van der Waals surface area contributed by atoms with E-state index in [9.17, 15) is 0 Å². The predicted octanol–water partition coefficient (Wildman–Crippen LogP) is 4.59. The SMILES string of the molecule is Cc1cc(I)ccc1NCc1ccc2c(c1)CCCN2C. The fourth-order valence-corrected chi connectivity index (χ4v) is 3.62. The molecule has 21 heavy (non-hydrogen) atoms. The van der Waals surface area contributed by atoms with E-state index in [1.165, 1.54) is 51.0 Å². The first-order valence-corrected chi connectivity index (χ1v) is 8.54. The van der Waals surface area contributed by atoms with Gasteiger partial charge in [-0.15, -0.1) is 0 Å². The highest BCUT2D eigenvalue weighted by molar-refractivity contribution is 14.1. The fraction of sp³-hybridized carbons (Fsp3) is 0.333. The summed E-state index contributed by atoms with van der Waals surface area (Å²) < 4.78 is 1.28. The molecule has 2 aromatic carbocycles. The van der Waals surface area contributed by atoms with Crippen LogP contribution in [0.1, 0.15) is 23.1 Å². The molecule has 0 saturated carbocycles. The van der Waals surface area contributed by atoms with Gasteiger partial charge in [0.2, 0.25) is 0 Å². The maximum absolute atomic E-state index is 3.56. The first kappa shape index (κ1) is 14.7. The smallest absolute Gasteiger partial charge is 0.0401 e. The second kappa shape index (κ2) is 6.26. The number of nitrogens with one attached hydrogen (secondary N) is 1. The lowest BCUT2D eigenvalue weighted by atomic mass is 9.99. The number of nitrogens with zero attached hydrogens (tertiary/aromatic N) is 1. The molecule has 3 heteroatoms. The molecule has 0 bridgehead atoms. The summed E-state index contributed by atoms with van der Waals surface area (Å²) in [6, 6.07) is 13.4. The van der Waals surface area contributed by atoms with Crippen molar-refractivity contribution in [2.24, 2.45) is 0 Å². The molecule has 3 rings (SSSR count). The van der Waals surface area contributed by atoms with Crippen molar-refractivity contribution in [1.29, 1.82) is 0 Å². The van der Waals surface area contributed by atoms with E-state index in [0.29, 0.717) is 0 Å². The number of benzene rings is 2. The second-order valence-electron chi connectivity index (χ2n) is 5.80. The topological polar surface area (TPSA) is 15.3 Å². The number of hydrogen-bond donors (Lipinski definition) is 1. The highest BCUT2D eigenvalue weighted by Crippen LogP contribution is 2.27. The molecule has 1 aliphatic heterocycles.